The Labute approximate surface area is 240 Å². The van der Waals surface area contributed by atoms with Crippen LogP contribution in [0.5, 0.6) is 5.75 Å². The first-order chi connectivity index (χ1) is 20.2. The number of hydrogen-bond acceptors (Lipinski definition) is 5. The number of aliphatic hydroxyl groups is 1. The van der Waals surface area contributed by atoms with E-state index >= 15 is 0 Å². The molecule has 218 valence electrons. The number of carbonyl (C=O) groups excluding carboxylic acids is 2. The molecule has 1 fully saturated rings. The van der Waals surface area contributed by atoms with E-state index in [1.807, 2.05) is 24.3 Å². The smallest absolute Gasteiger partial charge is 0.416 e. The first-order valence-corrected chi connectivity index (χ1v) is 13.5. The minimum Gasteiger partial charge on any atom is -0.490 e. The maximum Gasteiger partial charge on any atom is 0.416 e. The molecule has 1 saturated heterocycles. The van der Waals surface area contributed by atoms with E-state index in [9.17, 15) is 27.9 Å². The summed E-state index contributed by atoms with van der Waals surface area (Å²) in [6.45, 7) is 1.30. The summed E-state index contributed by atoms with van der Waals surface area (Å²) in [5.41, 5.74) is 2.68. The monoisotopic (exact) mass is 578 g/mol. The van der Waals surface area contributed by atoms with Crippen molar-refractivity contribution in [2.24, 2.45) is 0 Å². The number of fused-ring (bicyclic) bond motifs is 1. The molecule has 0 radical (unpaired) electrons. The number of hydrogen-bond donors (Lipinski definition) is 3. The van der Waals surface area contributed by atoms with Crippen molar-refractivity contribution in [2.45, 2.75) is 37.6 Å². The maximum absolute atomic E-state index is 13.2. The summed E-state index contributed by atoms with van der Waals surface area (Å²) < 4.78 is 50.9. The van der Waals surface area contributed by atoms with Crippen LogP contribution < -0.4 is 15.4 Å². The van der Waals surface area contributed by atoms with Crippen molar-refractivity contribution in [3.63, 3.8) is 0 Å². The van der Waals surface area contributed by atoms with Gasteiger partial charge in [-0.05, 0) is 53.1 Å². The Morgan fingerprint density at radius 3 is 2.33 bits per heavy atom. The van der Waals surface area contributed by atoms with Crippen LogP contribution in [0.3, 0.4) is 0 Å². The van der Waals surface area contributed by atoms with Gasteiger partial charge in [0.2, 0.25) is 5.91 Å². The second-order valence-corrected chi connectivity index (χ2v) is 10.00. The fourth-order valence-electron chi connectivity index (χ4n) is 4.85. The zero-order valence-corrected chi connectivity index (χ0v) is 22.5. The molecule has 3 aromatic carbocycles. The largest absolute Gasteiger partial charge is 0.490 e. The molecule has 2 amide bonds. The Bertz CT molecular complexity index is 1490. The van der Waals surface area contributed by atoms with Crippen LogP contribution in [-0.2, 0) is 26.9 Å². The average molecular weight is 579 g/mol. The molecule has 2 aliphatic heterocycles. The number of nitrogens with one attached hydrogen (secondary N) is 2. The van der Waals surface area contributed by atoms with Crippen molar-refractivity contribution in [1.29, 1.82) is 0 Å². The van der Waals surface area contributed by atoms with Crippen LogP contribution in [0.4, 0.5) is 24.5 Å². The van der Waals surface area contributed by atoms with Gasteiger partial charge in [-0.2, -0.15) is 13.2 Å². The predicted molar refractivity (Wildman–Crippen MR) is 152 cm³/mol. The predicted octanol–water partition coefficient (Wildman–Crippen LogP) is 5.75. The molecule has 10 heteroatoms. The molecular formula is C32H29F3N2O5. The standard InChI is InChI=1S/C32H29F3N2O5/c33-32(34,35)22-11-7-20(8-12-22)25(21-9-13-23(14-10-21)42-24-15-17-41-18-16-24)3-1-6-30(39)36-27-4-2-5-28-26(27)19-29(38)31(40)37-28/h1-14,24,29,38H,15-19H2,(H,36,39)(H,37,40). The van der Waals surface area contributed by atoms with Crippen LogP contribution in [0.1, 0.15) is 35.1 Å². The van der Waals surface area contributed by atoms with Gasteiger partial charge in [0, 0.05) is 42.3 Å². The number of amides is 2. The van der Waals surface area contributed by atoms with E-state index in [1.54, 1.807) is 24.3 Å². The summed E-state index contributed by atoms with van der Waals surface area (Å²) in [6.07, 6.45) is 0.510. The molecule has 3 aromatic rings. The molecule has 0 bridgehead atoms. The van der Waals surface area contributed by atoms with E-state index in [0.717, 1.165) is 30.5 Å². The highest BCUT2D eigenvalue weighted by molar-refractivity contribution is 6.03. The number of alkyl halides is 3. The minimum absolute atomic E-state index is 0.0609. The third kappa shape index (κ3) is 7.07. The van der Waals surface area contributed by atoms with Gasteiger partial charge in [-0.15, -0.1) is 0 Å². The highest BCUT2D eigenvalue weighted by Crippen LogP contribution is 2.33. The van der Waals surface area contributed by atoms with Crippen molar-refractivity contribution in [3.8, 4) is 5.75 Å². The first kappa shape index (κ1) is 29.1. The summed E-state index contributed by atoms with van der Waals surface area (Å²) in [5, 5.41) is 15.3. The summed E-state index contributed by atoms with van der Waals surface area (Å²) in [7, 11) is 0. The third-order valence-corrected chi connectivity index (χ3v) is 7.06. The molecule has 3 N–H and O–H groups in total. The number of benzene rings is 3. The number of carbonyl (C=O) groups is 2. The minimum atomic E-state index is -4.46. The molecule has 2 aliphatic rings. The van der Waals surface area contributed by atoms with Crippen LogP contribution >= 0.6 is 0 Å². The molecule has 1 atom stereocenters. The highest BCUT2D eigenvalue weighted by Gasteiger charge is 2.30. The molecule has 1 unspecified atom stereocenters. The van der Waals surface area contributed by atoms with Gasteiger partial charge in [-0.1, -0.05) is 42.5 Å². The number of aliphatic hydroxyl groups excluding tert-OH is 1. The first-order valence-electron chi connectivity index (χ1n) is 13.5. The Kier molecular flexibility index (Phi) is 8.75. The summed E-state index contributed by atoms with van der Waals surface area (Å²) >= 11 is 0. The molecule has 5 rings (SSSR count). The normalized spacial score (nSPS) is 18.0. The molecule has 0 saturated carbocycles. The molecule has 2 heterocycles. The van der Waals surface area contributed by atoms with Gasteiger partial charge in [-0.3, -0.25) is 9.59 Å². The van der Waals surface area contributed by atoms with Crippen molar-refractivity contribution in [2.75, 3.05) is 23.8 Å². The lowest BCUT2D eigenvalue weighted by molar-refractivity contribution is -0.137. The van der Waals surface area contributed by atoms with E-state index in [1.165, 1.54) is 24.3 Å². The second-order valence-electron chi connectivity index (χ2n) is 10.00. The zero-order valence-electron chi connectivity index (χ0n) is 22.5. The van der Waals surface area contributed by atoms with Crippen LogP contribution in [0.15, 0.2) is 85.0 Å². The third-order valence-electron chi connectivity index (χ3n) is 7.06. The molecule has 0 spiro atoms. The van der Waals surface area contributed by atoms with Gasteiger partial charge in [0.25, 0.3) is 5.91 Å². The quantitative estimate of drug-likeness (QED) is 0.245. The number of rotatable bonds is 7. The fraction of sp³-hybridized carbons (Fsp3) is 0.250. The second kappa shape index (κ2) is 12.6. The van der Waals surface area contributed by atoms with Crippen molar-refractivity contribution < 1.29 is 37.3 Å². The molecule has 0 aliphatic carbocycles. The van der Waals surface area contributed by atoms with E-state index < -0.39 is 29.7 Å². The Hall–Kier alpha value is -4.41. The van der Waals surface area contributed by atoms with Crippen molar-refractivity contribution in [1.82, 2.24) is 0 Å². The Morgan fingerprint density at radius 2 is 1.67 bits per heavy atom. The molecule has 7 nitrogen and oxygen atoms in total. The van der Waals surface area contributed by atoms with Gasteiger partial charge in [0.1, 0.15) is 18.0 Å². The lowest BCUT2D eigenvalue weighted by Gasteiger charge is -2.23. The molecule has 42 heavy (non-hydrogen) atoms. The van der Waals surface area contributed by atoms with Gasteiger partial charge >= 0.3 is 6.18 Å². The lowest BCUT2D eigenvalue weighted by atomic mass is 9.96. The van der Waals surface area contributed by atoms with Crippen LogP contribution in [0.25, 0.3) is 5.57 Å². The zero-order chi connectivity index (χ0) is 29.7. The van der Waals surface area contributed by atoms with Crippen molar-refractivity contribution >= 4 is 28.8 Å². The van der Waals surface area contributed by atoms with Gasteiger partial charge in [0.15, 0.2) is 0 Å². The fourth-order valence-corrected chi connectivity index (χ4v) is 4.85. The van der Waals surface area contributed by atoms with E-state index in [2.05, 4.69) is 10.6 Å². The topological polar surface area (TPSA) is 96.9 Å². The van der Waals surface area contributed by atoms with E-state index in [4.69, 9.17) is 9.47 Å². The van der Waals surface area contributed by atoms with Gasteiger partial charge in [-0.25, -0.2) is 0 Å². The summed E-state index contributed by atoms with van der Waals surface area (Å²) in [4.78, 5) is 24.5. The summed E-state index contributed by atoms with van der Waals surface area (Å²) in [6, 6.07) is 17.1. The molecular weight excluding hydrogens is 549 g/mol. The SMILES string of the molecule is O=C(C=CC=C(c1ccc(OC2CCOCC2)cc1)c1ccc(C(F)(F)F)cc1)Nc1cccc2c1CC(O)C(=O)N2. The number of anilines is 2. The Balaban J connectivity index is 1.37. The van der Waals surface area contributed by atoms with E-state index in [0.29, 0.717) is 47.0 Å². The lowest BCUT2D eigenvalue weighted by Crippen LogP contribution is -2.34. The van der Waals surface area contributed by atoms with Crippen LogP contribution in [0, 0.1) is 0 Å². The van der Waals surface area contributed by atoms with Crippen LogP contribution in [0.2, 0.25) is 0 Å². The van der Waals surface area contributed by atoms with E-state index in [-0.39, 0.29) is 12.5 Å². The number of allylic oxidation sites excluding steroid dienone is 2. The Morgan fingerprint density at radius 1 is 1.00 bits per heavy atom. The number of ether oxygens (including phenoxy) is 2. The van der Waals surface area contributed by atoms with Crippen LogP contribution in [-0.4, -0.2) is 42.3 Å². The van der Waals surface area contributed by atoms with Crippen molar-refractivity contribution in [3.05, 3.63) is 107 Å². The molecule has 0 aromatic heterocycles. The summed E-state index contributed by atoms with van der Waals surface area (Å²) in [5.74, 6) is -0.284. The average Bonchev–Trinajstić information content (AvgIpc) is 2.97. The highest BCUT2D eigenvalue weighted by atomic mass is 19.4. The maximum atomic E-state index is 13.2. The van der Waals surface area contributed by atoms with Gasteiger partial charge in [0.05, 0.1) is 18.8 Å². The number of halogens is 3. The van der Waals surface area contributed by atoms with Gasteiger partial charge < -0.3 is 25.2 Å².